The van der Waals surface area contributed by atoms with Gasteiger partial charge in [0.05, 0.1) is 13.7 Å². The standard InChI is InChI=1S/C11H15NO3/c1-11(2,7-13)9-6-4-5-8(12-9)10(14)15-3/h4-6,13H,7H2,1-3H3. The maximum atomic E-state index is 11.2. The third kappa shape index (κ3) is 2.53. The summed E-state index contributed by atoms with van der Waals surface area (Å²) in [4.78, 5) is 15.4. The highest BCUT2D eigenvalue weighted by molar-refractivity contribution is 5.87. The number of aliphatic hydroxyl groups excluding tert-OH is 1. The molecule has 1 rings (SSSR count). The molecule has 1 N–H and O–H groups in total. The van der Waals surface area contributed by atoms with Crippen molar-refractivity contribution >= 4 is 5.97 Å². The van der Waals surface area contributed by atoms with Crippen LogP contribution in [0.1, 0.15) is 30.0 Å². The summed E-state index contributed by atoms with van der Waals surface area (Å²) in [7, 11) is 1.31. The van der Waals surface area contributed by atoms with E-state index in [1.54, 1.807) is 18.2 Å². The highest BCUT2D eigenvalue weighted by atomic mass is 16.5. The number of nitrogens with zero attached hydrogens (tertiary/aromatic N) is 1. The van der Waals surface area contributed by atoms with E-state index in [-0.39, 0.29) is 12.3 Å². The van der Waals surface area contributed by atoms with Crippen LogP contribution in [-0.2, 0) is 10.2 Å². The molecule has 82 valence electrons. The Morgan fingerprint density at radius 1 is 1.53 bits per heavy atom. The first kappa shape index (κ1) is 11.7. The normalized spacial score (nSPS) is 11.2. The molecule has 0 bridgehead atoms. The number of carbonyl (C=O) groups is 1. The molecule has 1 heterocycles. The van der Waals surface area contributed by atoms with Crippen molar-refractivity contribution in [1.29, 1.82) is 0 Å². The summed E-state index contributed by atoms with van der Waals surface area (Å²) in [5.41, 5.74) is 0.480. The lowest BCUT2D eigenvalue weighted by molar-refractivity contribution is 0.0593. The minimum Gasteiger partial charge on any atom is -0.464 e. The summed E-state index contributed by atoms with van der Waals surface area (Å²) in [6.45, 7) is 3.69. The molecule has 0 saturated heterocycles. The van der Waals surface area contributed by atoms with Crippen LogP contribution in [0.15, 0.2) is 18.2 Å². The zero-order valence-corrected chi connectivity index (χ0v) is 9.15. The summed E-state index contributed by atoms with van der Waals surface area (Å²) in [5.74, 6) is -0.467. The van der Waals surface area contributed by atoms with Crippen molar-refractivity contribution in [3.8, 4) is 0 Å². The van der Waals surface area contributed by atoms with Gasteiger partial charge in [0.2, 0.25) is 0 Å². The fourth-order valence-corrected chi connectivity index (χ4v) is 1.11. The van der Waals surface area contributed by atoms with Crippen molar-refractivity contribution in [2.24, 2.45) is 0 Å². The quantitative estimate of drug-likeness (QED) is 0.758. The van der Waals surface area contributed by atoms with Crippen LogP contribution in [0.25, 0.3) is 0 Å². The van der Waals surface area contributed by atoms with Crippen LogP contribution in [0, 0.1) is 0 Å². The van der Waals surface area contributed by atoms with Crippen LogP contribution in [0.3, 0.4) is 0 Å². The van der Waals surface area contributed by atoms with E-state index in [4.69, 9.17) is 0 Å². The van der Waals surface area contributed by atoms with Gasteiger partial charge in [-0.05, 0) is 12.1 Å². The molecule has 0 saturated carbocycles. The van der Waals surface area contributed by atoms with Crippen LogP contribution in [0.4, 0.5) is 0 Å². The van der Waals surface area contributed by atoms with Crippen LogP contribution in [0.5, 0.6) is 0 Å². The van der Waals surface area contributed by atoms with Gasteiger partial charge in [-0.1, -0.05) is 19.9 Å². The Bertz CT molecular complexity index is 361. The Morgan fingerprint density at radius 2 is 2.20 bits per heavy atom. The van der Waals surface area contributed by atoms with E-state index in [9.17, 15) is 9.90 Å². The van der Waals surface area contributed by atoms with Gasteiger partial charge in [-0.25, -0.2) is 9.78 Å². The first-order valence-corrected chi connectivity index (χ1v) is 4.68. The number of hydrogen-bond donors (Lipinski definition) is 1. The van der Waals surface area contributed by atoms with Gasteiger partial charge < -0.3 is 9.84 Å². The number of pyridine rings is 1. The molecule has 0 radical (unpaired) electrons. The summed E-state index contributed by atoms with van der Waals surface area (Å²) in [6, 6.07) is 5.09. The molecule has 0 fully saturated rings. The molecule has 0 unspecified atom stereocenters. The summed E-state index contributed by atoms with van der Waals surface area (Å²) in [6.07, 6.45) is 0. The van der Waals surface area contributed by atoms with Gasteiger partial charge in [0.15, 0.2) is 0 Å². The number of carbonyl (C=O) groups excluding carboxylic acids is 1. The minimum atomic E-state index is -0.467. The van der Waals surface area contributed by atoms with Crippen molar-refractivity contribution in [3.63, 3.8) is 0 Å². The predicted octanol–water partition coefficient (Wildman–Crippen LogP) is 1.14. The van der Waals surface area contributed by atoms with Crippen molar-refractivity contribution in [1.82, 2.24) is 4.98 Å². The zero-order chi connectivity index (χ0) is 11.5. The average molecular weight is 209 g/mol. The third-order valence-electron chi connectivity index (χ3n) is 2.23. The molecule has 0 amide bonds. The van der Waals surface area contributed by atoms with E-state index in [1.807, 2.05) is 13.8 Å². The highest BCUT2D eigenvalue weighted by Crippen LogP contribution is 2.20. The van der Waals surface area contributed by atoms with E-state index in [1.165, 1.54) is 7.11 Å². The predicted molar refractivity (Wildman–Crippen MR) is 55.7 cm³/mol. The van der Waals surface area contributed by atoms with Crippen molar-refractivity contribution in [2.45, 2.75) is 19.3 Å². The summed E-state index contributed by atoms with van der Waals surface area (Å²) < 4.78 is 4.57. The SMILES string of the molecule is COC(=O)c1cccc(C(C)(C)CO)n1. The smallest absolute Gasteiger partial charge is 0.356 e. The van der Waals surface area contributed by atoms with Gasteiger partial charge in [0.1, 0.15) is 5.69 Å². The van der Waals surface area contributed by atoms with E-state index in [0.29, 0.717) is 5.69 Å². The van der Waals surface area contributed by atoms with Gasteiger partial charge in [-0.2, -0.15) is 0 Å². The van der Waals surface area contributed by atoms with E-state index in [0.717, 1.165) is 0 Å². The first-order valence-electron chi connectivity index (χ1n) is 4.68. The van der Waals surface area contributed by atoms with E-state index in [2.05, 4.69) is 9.72 Å². The van der Waals surface area contributed by atoms with Crippen LogP contribution in [-0.4, -0.2) is 29.8 Å². The maximum Gasteiger partial charge on any atom is 0.356 e. The molecule has 0 aliphatic carbocycles. The van der Waals surface area contributed by atoms with Gasteiger partial charge in [0, 0.05) is 11.1 Å². The maximum absolute atomic E-state index is 11.2. The second-order valence-electron chi connectivity index (χ2n) is 3.94. The molecular formula is C11H15NO3. The Kier molecular flexibility index (Phi) is 3.42. The second kappa shape index (κ2) is 4.40. The van der Waals surface area contributed by atoms with Gasteiger partial charge in [0.25, 0.3) is 0 Å². The third-order valence-corrected chi connectivity index (χ3v) is 2.23. The number of esters is 1. The molecule has 0 atom stereocenters. The molecule has 0 spiro atoms. The Morgan fingerprint density at radius 3 is 2.73 bits per heavy atom. The number of ether oxygens (including phenoxy) is 1. The van der Waals surface area contributed by atoms with Gasteiger partial charge in [-0.3, -0.25) is 0 Å². The molecule has 1 aromatic heterocycles. The molecule has 0 aliphatic heterocycles. The van der Waals surface area contributed by atoms with Crippen LogP contribution < -0.4 is 0 Å². The monoisotopic (exact) mass is 209 g/mol. The molecule has 15 heavy (non-hydrogen) atoms. The zero-order valence-electron chi connectivity index (χ0n) is 9.15. The summed E-state index contributed by atoms with van der Waals surface area (Å²) >= 11 is 0. The average Bonchev–Trinajstić information content (AvgIpc) is 2.28. The lowest BCUT2D eigenvalue weighted by Gasteiger charge is -2.20. The van der Waals surface area contributed by atoms with Crippen molar-refractivity contribution in [2.75, 3.05) is 13.7 Å². The summed E-state index contributed by atoms with van der Waals surface area (Å²) in [5, 5.41) is 9.18. The number of rotatable bonds is 3. The molecular weight excluding hydrogens is 194 g/mol. The number of aliphatic hydroxyl groups is 1. The lowest BCUT2D eigenvalue weighted by Crippen LogP contribution is -2.24. The molecule has 0 aromatic carbocycles. The Labute approximate surface area is 88.9 Å². The topological polar surface area (TPSA) is 59.4 Å². The van der Waals surface area contributed by atoms with Gasteiger partial charge >= 0.3 is 5.97 Å². The molecule has 4 heteroatoms. The number of aromatic nitrogens is 1. The van der Waals surface area contributed by atoms with Gasteiger partial charge in [-0.15, -0.1) is 0 Å². The second-order valence-corrected chi connectivity index (χ2v) is 3.94. The van der Waals surface area contributed by atoms with Crippen LogP contribution >= 0.6 is 0 Å². The molecule has 1 aromatic rings. The molecule has 0 aliphatic rings. The lowest BCUT2D eigenvalue weighted by atomic mass is 9.90. The van der Waals surface area contributed by atoms with Crippen LogP contribution in [0.2, 0.25) is 0 Å². The fraction of sp³-hybridized carbons (Fsp3) is 0.455. The van der Waals surface area contributed by atoms with Crippen molar-refractivity contribution in [3.05, 3.63) is 29.6 Å². The fourth-order valence-electron chi connectivity index (χ4n) is 1.11. The first-order chi connectivity index (χ1) is 7.01. The Balaban J connectivity index is 3.08. The highest BCUT2D eigenvalue weighted by Gasteiger charge is 2.22. The number of hydrogen-bond acceptors (Lipinski definition) is 4. The van der Waals surface area contributed by atoms with E-state index >= 15 is 0 Å². The minimum absolute atomic E-state index is 0.0232. The number of methoxy groups -OCH3 is 1. The Hall–Kier alpha value is -1.42. The van der Waals surface area contributed by atoms with Crippen molar-refractivity contribution < 1.29 is 14.6 Å². The molecule has 4 nitrogen and oxygen atoms in total. The van der Waals surface area contributed by atoms with E-state index < -0.39 is 11.4 Å². The largest absolute Gasteiger partial charge is 0.464 e.